The molecule has 0 saturated heterocycles. The molecule has 0 aliphatic heterocycles. The molecule has 3 nitrogen and oxygen atoms in total. The van der Waals surface area contributed by atoms with E-state index in [2.05, 4.69) is 4.98 Å². The van der Waals surface area contributed by atoms with E-state index in [1.165, 1.54) is 6.07 Å². The smallest absolute Gasteiger partial charge is 0.130 e. The van der Waals surface area contributed by atoms with Crippen LogP contribution in [-0.2, 0) is 6.54 Å². The summed E-state index contributed by atoms with van der Waals surface area (Å²) in [6.45, 7) is 2.29. The number of aryl methyl sites for hydroxylation is 1. The second-order valence-electron chi connectivity index (χ2n) is 3.41. The highest BCUT2D eigenvalue weighted by Gasteiger charge is 2.07. The first-order valence-electron chi connectivity index (χ1n) is 4.69. The van der Waals surface area contributed by atoms with Gasteiger partial charge in [0.15, 0.2) is 0 Å². The number of rotatable bonds is 2. The normalized spacial score (nSPS) is 10.5. The predicted molar refractivity (Wildman–Crippen MR) is 56.9 cm³/mol. The summed E-state index contributed by atoms with van der Waals surface area (Å²) >= 11 is 0. The average molecular weight is 205 g/mol. The minimum atomic E-state index is -0.275. The molecule has 4 heteroatoms. The van der Waals surface area contributed by atoms with Crippen LogP contribution in [0.25, 0.3) is 0 Å². The molecular formula is C11H12FN3. The molecule has 2 rings (SSSR count). The van der Waals surface area contributed by atoms with Crippen LogP contribution in [-0.4, -0.2) is 9.55 Å². The molecule has 0 aliphatic carbocycles. The van der Waals surface area contributed by atoms with E-state index in [0.717, 1.165) is 5.82 Å². The molecule has 1 heterocycles. The van der Waals surface area contributed by atoms with Crippen molar-refractivity contribution in [3.63, 3.8) is 0 Å². The lowest BCUT2D eigenvalue weighted by Crippen LogP contribution is -2.06. The zero-order valence-electron chi connectivity index (χ0n) is 8.44. The van der Waals surface area contributed by atoms with Gasteiger partial charge in [-0.05, 0) is 19.1 Å². The van der Waals surface area contributed by atoms with Crippen LogP contribution in [0.3, 0.4) is 0 Å². The van der Waals surface area contributed by atoms with Crippen LogP contribution in [0.1, 0.15) is 11.4 Å². The van der Waals surface area contributed by atoms with Gasteiger partial charge in [0, 0.05) is 23.6 Å². The van der Waals surface area contributed by atoms with Crippen molar-refractivity contribution < 1.29 is 4.39 Å². The van der Waals surface area contributed by atoms with Crippen LogP contribution in [0.15, 0.2) is 30.6 Å². The zero-order valence-corrected chi connectivity index (χ0v) is 8.44. The van der Waals surface area contributed by atoms with Crippen molar-refractivity contribution in [1.29, 1.82) is 0 Å². The predicted octanol–water partition coefficient (Wildman–Crippen LogP) is 1.96. The molecule has 2 N–H and O–H groups in total. The number of aromatic nitrogens is 2. The molecule has 78 valence electrons. The van der Waals surface area contributed by atoms with Gasteiger partial charge in [0.25, 0.3) is 0 Å². The largest absolute Gasteiger partial charge is 0.398 e. The molecule has 0 aliphatic rings. The summed E-state index contributed by atoms with van der Waals surface area (Å²) < 4.78 is 15.3. The molecule has 0 atom stereocenters. The van der Waals surface area contributed by atoms with Crippen LogP contribution in [0, 0.1) is 12.7 Å². The second kappa shape index (κ2) is 3.73. The molecule has 0 saturated carbocycles. The number of hydrogen-bond acceptors (Lipinski definition) is 2. The molecule has 0 spiro atoms. The molecule has 15 heavy (non-hydrogen) atoms. The number of nitrogens with zero attached hydrogens (tertiary/aromatic N) is 2. The lowest BCUT2D eigenvalue weighted by atomic mass is 10.1. The number of imidazole rings is 1. The first-order valence-corrected chi connectivity index (χ1v) is 4.69. The number of halogens is 1. The molecule has 0 unspecified atom stereocenters. The SMILES string of the molecule is Cc1nccn1Cc1c(N)cccc1F. The van der Waals surface area contributed by atoms with Gasteiger partial charge in [0.2, 0.25) is 0 Å². The lowest BCUT2D eigenvalue weighted by Gasteiger charge is -2.08. The standard InChI is InChI=1S/C11H12FN3/c1-8-14-5-6-15(8)7-9-10(12)3-2-4-11(9)13/h2-6H,7,13H2,1H3. The van der Waals surface area contributed by atoms with Crippen LogP contribution < -0.4 is 5.73 Å². The number of hydrogen-bond donors (Lipinski definition) is 1. The van der Waals surface area contributed by atoms with E-state index in [1.54, 1.807) is 24.5 Å². The molecule has 0 fully saturated rings. The van der Waals surface area contributed by atoms with Gasteiger partial charge in [-0.1, -0.05) is 6.07 Å². The molecular weight excluding hydrogens is 193 g/mol. The van der Waals surface area contributed by atoms with Gasteiger partial charge < -0.3 is 10.3 Å². The molecule has 1 aromatic carbocycles. The Morgan fingerprint density at radius 2 is 2.27 bits per heavy atom. The first kappa shape index (κ1) is 9.71. The van der Waals surface area contributed by atoms with Crippen molar-refractivity contribution in [2.45, 2.75) is 13.5 Å². The third kappa shape index (κ3) is 1.83. The van der Waals surface area contributed by atoms with Gasteiger partial charge in [-0.3, -0.25) is 0 Å². The van der Waals surface area contributed by atoms with E-state index in [1.807, 2.05) is 11.5 Å². The van der Waals surface area contributed by atoms with Gasteiger partial charge in [0.05, 0.1) is 6.54 Å². The van der Waals surface area contributed by atoms with Gasteiger partial charge in [-0.15, -0.1) is 0 Å². The summed E-state index contributed by atoms with van der Waals surface area (Å²) in [5.41, 5.74) is 6.70. The monoisotopic (exact) mass is 205 g/mol. The quantitative estimate of drug-likeness (QED) is 0.761. The summed E-state index contributed by atoms with van der Waals surface area (Å²) in [6, 6.07) is 4.72. The fourth-order valence-corrected chi connectivity index (χ4v) is 1.48. The van der Waals surface area contributed by atoms with Crippen molar-refractivity contribution in [2.24, 2.45) is 0 Å². The van der Waals surface area contributed by atoms with Gasteiger partial charge in [-0.25, -0.2) is 9.37 Å². The Hall–Kier alpha value is -1.84. The minimum Gasteiger partial charge on any atom is -0.398 e. The molecule has 0 radical (unpaired) electrons. The Morgan fingerprint density at radius 1 is 1.47 bits per heavy atom. The second-order valence-corrected chi connectivity index (χ2v) is 3.41. The Morgan fingerprint density at radius 3 is 2.87 bits per heavy atom. The van der Waals surface area contributed by atoms with E-state index in [-0.39, 0.29) is 5.82 Å². The molecule has 2 aromatic rings. The highest BCUT2D eigenvalue weighted by atomic mass is 19.1. The Balaban J connectivity index is 2.36. The topological polar surface area (TPSA) is 43.8 Å². The van der Waals surface area contributed by atoms with Crippen molar-refractivity contribution in [3.05, 3.63) is 47.8 Å². The summed E-state index contributed by atoms with van der Waals surface area (Å²) in [6.07, 6.45) is 3.49. The van der Waals surface area contributed by atoms with E-state index in [0.29, 0.717) is 17.8 Å². The van der Waals surface area contributed by atoms with E-state index in [4.69, 9.17) is 5.73 Å². The fraction of sp³-hybridized carbons (Fsp3) is 0.182. The number of anilines is 1. The minimum absolute atomic E-state index is 0.275. The summed E-state index contributed by atoms with van der Waals surface area (Å²) in [5.74, 6) is 0.570. The molecule has 0 bridgehead atoms. The van der Waals surface area contributed by atoms with Crippen molar-refractivity contribution in [2.75, 3.05) is 5.73 Å². The summed E-state index contributed by atoms with van der Waals surface area (Å²) in [4.78, 5) is 4.07. The molecule has 0 amide bonds. The first-order chi connectivity index (χ1) is 7.18. The van der Waals surface area contributed by atoms with Crippen molar-refractivity contribution in [1.82, 2.24) is 9.55 Å². The third-order valence-electron chi connectivity index (χ3n) is 2.41. The van der Waals surface area contributed by atoms with Gasteiger partial charge in [-0.2, -0.15) is 0 Å². The maximum absolute atomic E-state index is 13.5. The maximum atomic E-state index is 13.5. The highest BCUT2D eigenvalue weighted by molar-refractivity contribution is 5.47. The van der Waals surface area contributed by atoms with Crippen LogP contribution >= 0.6 is 0 Å². The van der Waals surface area contributed by atoms with Crippen LogP contribution in [0.2, 0.25) is 0 Å². The van der Waals surface area contributed by atoms with Gasteiger partial charge >= 0.3 is 0 Å². The van der Waals surface area contributed by atoms with E-state index < -0.39 is 0 Å². The van der Waals surface area contributed by atoms with Crippen LogP contribution in [0.5, 0.6) is 0 Å². The third-order valence-corrected chi connectivity index (χ3v) is 2.41. The van der Waals surface area contributed by atoms with Crippen molar-refractivity contribution >= 4 is 5.69 Å². The maximum Gasteiger partial charge on any atom is 0.130 e. The Kier molecular flexibility index (Phi) is 2.41. The lowest BCUT2D eigenvalue weighted by molar-refractivity contribution is 0.598. The molecule has 1 aromatic heterocycles. The fourth-order valence-electron chi connectivity index (χ4n) is 1.48. The number of nitrogens with two attached hydrogens (primary N) is 1. The van der Waals surface area contributed by atoms with Crippen molar-refractivity contribution in [3.8, 4) is 0 Å². The Bertz CT molecular complexity index is 456. The number of nitrogen functional groups attached to an aromatic ring is 1. The average Bonchev–Trinajstić information content (AvgIpc) is 2.58. The zero-order chi connectivity index (χ0) is 10.8. The number of benzene rings is 1. The Labute approximate surface area is 87.4 Å². The summed E-state index contributed by atoms with van der Waals surface area (Å²) in [5, 5.41) is 0. The van der Waals surface area contributed by atoms with E-state index >= 15 is 0 Å². The van der Waals surface area contributed by atoms with Gasteiger partial charge in [0.1, 0.15) is 11.6 Å². The van der Waals surface area contributed by atoms with E-state index in [9.17, 15) is 4.39 Å². The highest BCUT2D eigenvalue weighted by Crippen LogP contribution is 2.17. The van der Waals surface area contributed by atoms with Crippen LogP contribution in [0.4, 0.5) is 10.1 Å². The summed E-state index contributed by atoms with van der Waals surface area (Å²) in [7, 11) is 0.